The summed E-state index contributed by atoms with van der Waals surface area (Å²) in [6, 6.07) is 16.4. The number of methoxy groups -OCH3 is 1. The Labute approximate surface area is 108 Å². The van der Waals surface area contributed by atoms with Crippen molar-refractivity contribution in [1.29, 1.82) is 0 Å². The molecular formula is C16H18O2. The monoisotopic (exact) mass is 242 g/mol. The summed E-state index contributed by atoms with van der Waals surface area (Å²) in [6.45, 7) is 3.31. The van der Waals surface area contributed by atoms with Crippen LogP contribution >= 0.6 is 0 Å². The van der Waals surface area contributed by atoms with Crippen molar-refractivity contribution < 1.29 is 9.47 Å². The van der Waals surface area contributed by atoms with Crippen molar-refractivity contribution in [1.82, 2.24) is 0 Å². The van der Waals surface area contributed by atoms with E-state index in [1.807, 2.05) is 12.1 Å². The Morgan fingerprint density at radius 3 is 1.89 bits per heavy atom. The highest BCUT2D eigenvalue weighted by molar-refractivity contribution is 5.27. The maximum absolute atomic E-state index is 5.72. The van der Waals surface area contributed by atoms with Crippen LogP contribution in [-0.4, -0.2) is 7.11 Å². The minimum atomic E-state index is 0.594. The lowest BCUT2D eigenvalue weighted by atomic mass is 10.1. The third kappa shape index (κ3) is 3.60. The molecule has 94 valence electrons. The van der Waals surface area contributed by atoms with E-state index in [0.29, 0.717) is 13.2 Å². The van der Waals surface area contributed by atoms with Crippen molar-refractivity contribution in [2.24, 2.45) is 0 Å². The molecular weight excluding hydrogens is 224 g/mol. The fourth-order valence-corrected chi connectivity index (χ4v) is 1.70. The molecule has 2 aromatic rings. The number of aryl methyl sites for hydroxylation is 1. The highest BCUT2D eigenvalue weighted by Crippen LogP contribution is 2.14. The van der Waals surface area contributed by atoms with Gasteiger partial charge >= 0.3 is 0 Å². The van der Waals surface area contributed by atoms with Gasteiger partial charge in [-0.15, -0.1) is 0 Å². The predicted molar refractivity (Wildman–Crippen MR) is 72.7 cm³/mol. The summed E-state index contributed by atoms with van der Waals surface area (Å²) < 4.78 is 10.8. The second-order valence-corrected chi connectivity index (χ2v) is 4.35. The van der Waals surface area contributed by atoms with Gasteiger partial charge in [0, 0.05) is 7.11 Å². The molecule has 0 atom stereocenters. The second kappa shape index (κ2) is 6.22. The summed E-state index contributed by atoms with van der Waals surface area (Å²) in [7, 11) is 1.70. The van der Waals surface area contributed by atoms with E-state index in [2.05, 4.69) is 43.3 Å². The Hall–Kier alpha value is -1.80. The molecule has 0 aliphatic heterocycles. The molecule has 0 aliphatic carbocycles. The summed E-state index contributed by atoms with van der Waals surface area (Å²) in [5.41, 5.74) is 3.58. The van der Waals surface area contributed by atoms with Crippen LogP contribution in [0.4, 0.5) is 0 Å². The Balaban J connectivity index is 1.91. The van der Waals surface area contributed by atoms with Crippen LogP contribution in [0.25, 0.3) is 0 Å². The normalized spacial score (nSPS) is 10.3. The first kappa shape index (κ1) is 12.7. The first-order valence-electron chi connectivity index (χ1n) is 6.04. The molecule has 2 nitrogen and oxygen atoms in total. The van der Waals surface area contributed by atoms with E-state index in [9.17, 15) is 0 Å². The number of hydrogen-bond acceptors (Lipinski definition) is 2. The van der Waals surface area contributed by atoms with E-state index in [-0.39, 0.29) is 0 Å². The average Bonchev–Trinajstić information content (AvgIpc) is 2.40. The maximum Gasteiger partial charge on any atom is 0.119 e. The van der Waals surface area contributed by atoms with Crippen LogP contribution in [0.15, 0.2) is 48.5 Å². The van der Waals surface area contributed by atoms with Gasteiger partial charge in [0.15, 0.2) is 0 Å². The SMILES string of the molecule is COCc1ccc(COc2ccc(C)cc2)cc1. The molecule has 0 radical (unpaired) electrons. The molecule has 0 unspecified atom stereocenters. The maximum atomic E-state index is 5.72. The number of benzene rings is 2. The van der Waals surface area contributed by atoms with Gasteiger partial charge in [0.25, 0.3) is 0 Å². The number of rotatable bonds is 5. The van der Waals surface area contributed by atoms with Gasteiger partial charge in [-0.3, -0.25) is 0 Å². The molecule has 2 aromatic carbocycles. The highest BCUT2D eigenvalue weighted by Gasteiger charge is 1.97. The van der Waals surface area contributed by atoms with Crippen LogP contribution in [0.1, 0.15) is 16.7 Å². The smallest absolute Gasteiger partial charge is 0.119 e. The molecule has 2 rings (SSSR count). The van der Waals surface area contributed by atoms with Crippen LogP contribution in [0.3, 0.4) is 0 Å². The lowest BCUT2D eigenvalue weighted by Gasteiger charge is -2.07. The number of ether oxygens (including phenoxy) is 2. The Kier molecular flexibility index (Phi) is 4.37. The molecule has 0 aromatic heterocycles. The quantitative estimate of drug-likeness (QED) is 0.795. The summed E-state index contributed by atoms with van der Waals surface area (Å²) in [5.74, 6) is 0.904. The van der Waals surface area contributed by atoms with E-state index >= 15 is 0 Å². The van der Waals surface area contributed by atoms with Gasteiger partial charge in [-0.1, -0.05) is 42.0 Å². The first-order chi connectivity index (χ1) is 8.78. The van der Waals surface area contributed by atoms with Gasteiger partial charge < -0.3 is 9.47 Å². The molecule has 18 heavy (non-hydrogen) atoms. The van der Waals surface area contributed by atoms with Gasteiger partial charge in [0.2, 0.25) is 0 Å². The third-order valence-corrected chi connectivity index (χ3v) is 2.76. The zero-order valence-electron chi connectivity index (χ0n) is 10.8. The molecule has 0 amide bonds. The third-order valence-electron chi connectivity index (χ3n) is 2.76. The Bertz CT molecular complexity index is 471. The molecule has 0 saturated heterocycles. The standard InChI is InChI=1S/C16H18O2/c1-13-3-9-16(10-4-13)18-12-15-7-5-14(6-8-15)11-17-2/h3-10H,11-12H2,1-2H3. The van der Waals surface area contributed by atoms with Gasteiger partial charge in [-0.25, -0.2) is 0 Å². The first-order valence-corrected chi connectivity index (χ1v) is 6.04. The molecule has 0 saturated carbocycles. The molecule has 0 heterocycles. The summed E-state index contributed by atoms with van der Waals surface area (Å²) in [6.07, 6.45) is 0. The Morgan fingerprint density at radius 2 is 1.33 bits per heavy atom. The van der Waals surface area contributed by atoms with E-state index in [4.69, 9.17) is 9.47 Å². The van der Waals surface area contributed by atoms with E-state index < -0.39 is 0 Å². The van der Waals surface area contributed by atoms with Crippen LogP contribution in [0.5, 0.6) is 5.75 Å². The zero-order valence-corrected chi connectivity index (χ0v) is 10.8. The van der Waals surface area contributed by atoms with Crippen molar-refractivity contribution in [3.63, 3.8) is 0 Å². The Morgan fingerprint density at radius 1 is 0.778 bits per heavy atom. The lowest BCUT2D eigenvalue weighted by Crippen LogP contribution is -1.96. The molecule has 0 aliphatic rings. The number of hydrogen-bond donors (Lipinski definition) is 0. The van der Waals surface area contributed by atoms with Crippen molar-refractivity contribution in [3.05, 3.63) is 65.2 Å². The van der Waals surface area contributed by atoms with E-state index in [1.54, 1.807) is 7.11 Å². The van der Waals surface area contributed by atoms with Crippen LogP contribution < -0.4 is 4.74 Å². The zero-order chi connectivity index (χ0) is 12.8. The molecule has 0 spiro atoms. The van der Waals surface area contributed by atoms with Crippen molar-refractivity contribution >= 4 is 0 Å². The fourth-order valence-electron chi connectivity index (χ4n) is 1.70. The second-order valence-electron chi connectivity index (χ2n) is 4.35. The molecule has 0 fully saturated rings. The van der Waals surface area contributed by atoms with Gasteiger partial charge in [-0.05, 0) is 30.2 Å². The fraction of sp³-hybridized carbons (Fsp3) is 0.250. The summed E-state index contributed by atoms with van der Waals surface area (Å²) >= 11 is 0. The minimum Gasteiger partial charge on any atom is -0.489 e. The topological polar surface area (TPSA) is 18.5 Å². The van der Waals surface area contributed by atoms with E-state index in [0.717, 1.165) is 11.3 Å². The average molecular weight is 242 g/mol. The van der Waals surface area contributed by atoms with Gasteiger partial charge in [0.1, 0.15) is 12.4 Å². The summed E-state index contributed by atoms with van der Waals surface area (Å²) in [5, 5.41) is 0. The lowest BCUT2D eigenvalue weighted by molar-refractivity contribution is 0.185. The van der Waals surface area contributed by atoms with Crippen LogP contribution in [0.2, 0.25) is 0 Å². The minimum absolute atomic E-state index is 0.594. The molecule has 2 heteroatoms. The summed E-state index contributed by atoms with van der Waals surface area (Å²) in [4.78, 5) is 0. The van der Waals surface area contributed by atoms with Gasteiger partial charge in [-0.2, -0.15) is 0 Å². The van der Waals surface area contributed by atoms with Crippen molar-refractivity contribution in [2.75, 3.05) is 7.11 Å². The van der Waals surface area contributed by atoms with Crippen molar-refractivity contribution in [3.8, 4) is 5.75 Å². The van der Waals surface area contributed by atoms with Crippen LogP contribution in [0, 0.1) is 6.92 Å². The largest absolute Gasteiger partial charge is 0.489 e. The van der Waals surface area contributed by atoms with Gasteiger partial charge in [0.05, 0.1) is 6.61 Å². The predicted octanol–water partition coefficient (Wildman–Crippen LogP) is 3.72. The molecule has 0 N–H and O–H groups in total. The van der Waals surface area contributed by atoms with E-state index in [1.165, 1.54) is 11.1 Å². The van der Waals surface area contributed by atoms with Crippen molar-refractivity contribution in [2.45, 2.75) is 20.1 Å². The molecule has 0 bridgehead atoms. The van der Waals surface area contributed by atoms with Crippen LogP contribution in [-0.2, 0) is 18.0 Å². The highest BCUT2D eigenvalue weighted by atomic mass is 16.5.